The van der Waals surface area contributed by atoms with E-state index < -0.39 is 0 Å². The quantitative estimate of drug-likeness (QED) is 0.785. The number of aryl methyl sites for hydroxylation is 2. The maximum absolute atomic E-state index is 8.98. The molecule has 0 amide bonds. The Balaban J connectivity index is 1.94. The zero-order valence-corrected chi connectivity index (χ0v) is 10.8. The van der Waals surface area contributed by atoms with Gasteiger partial charge in [0.15, 0.2) is 0 Å². The summed E-state index contributed by atoms with van der Waals surface area (Å²) in [7, 11) is 0. The van der Waals surface area contributed by atoms with Crippen molar-refractivity contribution in [1.29, 1.82) is 5.26 Å². The topological polar surface area (TPSA) is 80.5 Å². The van der Waals surface area contributed by atoms with Gasteiger partial charge in [0.05, 0.1) is 22.7 Å². The molecule has 2 heterocycles. The van der Waals surface area contributed by atoms with Crippen molar-refractivity contribution in [3.63, 3.8) is 0 Å². The molecular formula is C15H13N5. The van der Waals surface area contributed by atoms with Crippen LogP contribution in [-0.4, -0.2) is 14.5 Å². The van der Waals surface area contributed by atoms with Crippen LogP contribution in [0.15, 0.2) is 42.6 Å². The largest absolute Gasteiger partial charge is 0.369 e. The minimum atomic E-state index is 0.464. The van der Waals surface area contributed by atoms with E-state index in [1.165, 1.54) is 0 Å². The predicted octanol–water partition coefficient (Wildman–Crippen LogP) is 2.13. The summed E-state index contributed by atoms with van der Waals surface area (Å²) in [4.78, 5) is 8.61. The fourth-order valence-electron chi connectivity index (χ4n) is 2.22. The number of pyridine rings is 1. The van der Waals surface area contributed by atoms with Crippen molar-refractivity contribution in [2.75, 3.05) is 5.73 Å². The van der Waals surface area contributed by atoms with Crippen LogP contribution in [0.4, 0.5) is 5.95 Å². The molecule has 0 bridgehead atoms. The summed E-state index contributed by atoms with van der Waals surface area (Å²) in [6.45, 7) is 0.689. The highest BCUT2D eigenvalue weighted by Gasteiger charge is 2.09. The normalized spacial score (nSPS) is 10.6. The van der Waals surface area contributed by atoms with Gasteiger partial charge in [0, 0.05) is 24.9 Å². The van der Waals surface area contributed by atoms with Crippen molar-refractivity contribution in [3.8, 4) is 6.07 Å². The number of hydrogen-bond acceptors (Lipinski definition) is 4. The van der Waals surface area contributed by atoms with E-state index in [1.54, 1.807) is 12.3 Å². The lowest BCUT2D eigenvalue weighted by Gasteiger charge is -2.06. The second-order valence-electron chi connectivity index (χ2n) is 4.51. The number of nitrogens with two attached hydrogens (primary N) is 1. The molecule has 0 saturated heterocycles. The van der Waals surface area contributed by atoms with E-state index in [0.29, 0.717) is 18.1 Å². The Labute approximate surface area is 116 Å². The number of rotatable bonds is 3. The van der Waals surface area contributed by atoms with E-state index in [2.05, 4.69) is 16.0 Å². The monoisotopic (exact) mass is 263 g/mol. The van der Waals surface area contributed by atoms with Gasteiger partial charge in [0.1, 0.15) is 0 Å². The second-order valence-corrected chi connectivity index (χ2v) is 4.51. The molecule has 98 valence electrons. The van der Waals surface area contributed by atoms with E-state index in [-0.39, 0.29) is 0 Å². The second kappa shape index (κ2) is 5.02. The van der Waals surface area contributed by atoms with Gasteiger partial charge in [-0.1, -0.05) is 6.07 Å². The first-order valence-electron chi connectivity index (χ1n) is 6.34. The van der Waals surface area contributed by atoms with Crippen LogP contribution in [0, 0.1) is 11.3 Å². The standard InChI is InChI=1S/C15H13N5/c16-10-11-4-5-13-14(9-11)20(15(17)19-13)8-6-12-3-1-2-7-18-12/h1-5,7,9H,6,8H2,(H2,17,19). The van der Waals surface area contributed by atoms with Gasteiger partial charge in [0.2, 0.25) is 5.95 Å². The maximum Gasteiger partial charge on any atom is 0.201 e. The first kappa shape index (κ1) is 12.2. The molecule has 5 nitrogen and oxygen atoms in total. The zero-order valence-electron chi connectivity index (χ0n) is 10.8. The Kier molecular flexibility index (Phi) is 3.05. The first-order valence-corrected chi connectivity index (χ1v) is 6.34. The first-order chi connectivity index (χ1) is 9.78. The van der Waals surface area contributed by atoms with Crippen LogP contribution in [0.2, 0.25) is 0 Å². The van der Waals surface area contributed by atoms with Gasteiger partial charge in [-0.2, -0.15) is 5.26 Å². The number of nitrogens with zero attached hydrogens (tertiary/aromatic N) is 4. The van der Waals surface area contributed by atoms with Crippen molar-refractivity contribution < 1.29 is 0 Å². The highest BCUT2D eigenvalue weighted by Crippen LogP contribution is 2.19. The molecule has 1 aromatic carbocycles. The Hall–Kier alpha value is -2.87. The summed E-state index contributed by atoms with van der Waals surface area (Å²) in [5.74, 6) is 0.464. The molecule has 3 rings (SSSR count). The molecule has 0 aliphatic carbocycles. The summed E-state index contributed by atoms with van der Waals surface area (Å²) < 4.78 is 1.92. The molecule has 3 aromatic rings. The van der Waals surface area contributed by atoms with E-state index >= 15 is 0 Å². The van der Waals surface area contributed by atoms with E-state index in [4.69, 9.17) is 11.0 Å². The number of nitriles is 1. The molecule has 0 aliphatic rings. The fraction of sp³-hybridized carbons (Fsp3) is 0.133. The van der Waals surface area contributed by atoms with Crippen LogP contribution < -0.4 is 5.73 Å². The third-order valence-electron chi connectivity index (χ3n) is 3.22. The molecule has 0 radical (unpaired) electrons. The Morgan fingerprint density at radius 2 is 2.15 bits per heavy atom. The molecule has 20 heavy (non-hydrogen) atoms. The molecule has 2 aromatic heterocycles. The number of hydrogen-bond donors (Lipinski definition) is 1. The number of imidazole rings is 1. The zero-order chi connectivity index (χ0) is 13.9. The van der Waals surface area contributed by atoms with Gasteiger partial charge in [0.25, 0.3) is 0 Å². The van der Waals surface area contributed by atoms with Gasteiger partial charge >= 0.3 is 0 Å². The van der Waals surface area contributed by atoms with Crippen LogP contribution in [0.5, 0.6) is 0 Å². The summed E-state index contributed by atoms with van der Waals surface area (Å²) in [5, 5.41) is 8.98. The van der Waals surface area contributed by atoms with Crippen molar-refractivity contribution >= 4 is 17.0 Å². The lowest BCUT2D eigenvalue weighted by atomic mass is 10.2. The average Bonchev–Trinajstić information content (AvgIpc) is 2.80. The van der Waals surface area contributed by atoms with Crippen LogP contribution in [0.25, 0.3) is 11.0 Å². The number of anilines is 1. The van der Waals surface area contributed by atoms with E-state index in [1.807, 2.05) is 34.9 Å². The van der Waals surface area contributed by atoms with Crippen LogP contribution in [0.3, 0.4) is 0 Å². The minimum absolute atomic E-state index is 0.464. The summed E-state index contributed by atoms with van der Waals surface area (Å²) in [6, 6.07) is 13.4. The predicted molar refractivity (Wildman–Crippen MR) is 76.8 cm³/mol. The van der Waals surface area contributed by atoms with E-state index in [0.717, 1.165) is 23.1 Å². The SMILES string of the molecule is N#Cc1ccc2nc(N)n(CCc3ccccn3)c2c1. The van der Waals surface area contributed by atoms with Crippen LogP contribution in [0.1, 0.15) is 11.3 Å². The van der Waals surface area contributed by atoms with Crippen molar-refractivity contribution in [2.24, 2.45) is 0 Å². The van der Waals surface area contributed by atoms with Gasteiger partial charge < -0.3 is 10.3 Å². The minimum Gasteiger partial charge on any atom is -0.369 e. The van der Waals surface area contributed by atoms with Gasteiger partial charge in [-0.15, -0.1) is 0 Å². The smallest absolute Gasteiger partial charge is 0.201 e. The summed E-state index contributed by atoms with van der Waals surface area (Å²) in [6.07, 6.45) is 2.55. The van der Waals surface area contributed by atoms with Gasteiger partial charge in [-0.05, 0) is 30.3 Å². The molecule has 0 saturated carbocycles. The van der Waals surface area contributed by atoms with Gasteiger partial charge in [-0.25, -0.2) is 4.98 Å². The lowest BCUT2D eigenvalue weighted by Crippen LogP contribution is -2.06. The van der Waals surface area contributed by atoms with Crippen LogP contribution >= 0.6 is 0 Å². The van der Waals surface area contributed by atoms with Crippen molar-refractivity contribution in [2.45, 2.75) is 13.0 Å². The summed E-state index contributed by atoms with van der Waals surface area (Å²) in [5.41, 5.74) is 9.26. The number of aromatic nitrogens is 3. The highest BCUT2D eigenvalue weighted by molar-refractivity contribution is 5.79. The molecule has 0 aliphatic heterocycles. The Bertz CT molecular complexity index is 783. The van der Waals surface area contributed by atoms with Crippen molar-refractivity contribution in [1.82, 2.24) is 14.5 Å². The molecule has 2 N–H and O–H groups in total. The maximum atomic E-state index is 8.98. The van der Waals surface area contributed by atoms with Crippen LogP contribution in [-0.2, 0) is 13.0 Å². The highest BCUT2D eigenvalue weighted by atomic mass is 15.1. The summed E-state index contributed by atoms with van der Waals surface area (Å²) >= 11 is 0. The van der Waals surface area contributed by atoms with Crippen molar-refractivity contribution in [3.05, 3.63) is 53.9 Å². The molecule has 0 fully saturated rings. The lowest BCUT2D eigenvalue weighted by molar-refractivity contribution is 0.713. The number of benzene rings is 1. The Morgan fingerprint density at radius 1 is 1.25 bits per heavy atom. The fourth-order valence-corrected chi connectivity index (χ4v) is 2.22. The number of nitrogen functional groups attached to an aromatic ring is 1. The third kappa shape index (κ3) is 2.19. The molecule has 5 heteroatoms. The molecular weight excluding hydrogens is 250 g/mol. The molecule has 0 unspecified atom stereocenters. The molecule has 0 spiro atoms. The Morgan fingerprint density at radius 3 is 2.90 bits per heavy atom. The van der Waals surface area contributed by atoms with E-state index in [9.17, 15) is 0 Å². The third-order valence-corrected chi connectivity index (χ3v) is 3.22. The number of fused-ring (bicyclic) bond motifs is 1. The van der Waals surface area contributed by atoms with Gasteiger partial charge in [-0.3, -0.25) is 4.98 Å². The average molecular weight is 263 g/mol. The molecule has 0 atom stereocenters.